The van der Waals surface area contributed by atoms with Gasteiger partial charge in [-0.3, -0.25) is 9.82 Å². The number of aromatic hydroxyl groups is 1. The van der Waals surface area contributed by atoms with Crippen molar-refractivity contribution in [2.75, 3.05) is 6.61 Å². The SMILES string of the molecule is OOCCn1c(O)csc1=S. The Hall–Kier alpha value is -0.430. The Morgan fingerprint density at radius 3 is 2.91 bits per heavy atom. The first-order valence-electron chi connectivity index (χ1n) is 2.89. The summed E-state index contributed by atoms with van der Waals surface area (Å²) in [6.45, 7) is 0.489. The molecule has 6 heteroatoms. The molecule has 0 saturated heterocycles. The summed E-state index contributed by atoms with van der Waals surface area (Å²) in [6.07, 6.45) is 0. The predicted molar refractivity (Wildman–Crippen MR) is 43.4 cm³/mol. The molecule has 0 radical (unpaired) electrons. The first-order valence-corrected chi connectivity index (χ1v) is 4.18. The third-order valence-electron chi connectivity index (χ3n) is 1.17. The van der Waals surface area contributed by atoms with Gasteiger partial charge in [-0.15, -0.1) is 11.3 Å². The quantitative estimate of drug-likeness (QED) is 0.433. The molecule has 62 valence electrons. The minimum Gasteiger partial charge on any atom is -0.494 e. The molecule has 0 aliphatic carbocycles. The summed E-state index contributed by atoms with van der Waals surface area (Å²) in [4.78, 5) is 3.85. The fourth-order valence-electron chi connectivity index (χ4n) is 0.662. The van der Waals surface area contributed by atoms with Crippen molar-refractivity contribution in [2.24, 2.45) is 0 Å². The molecule has 1 rings (SSSR count). The van der Waals surface area contributed by atoms with Crippen molar-refractivity contribution in [3.8, 4) is 5.88 Å². The molecule has 0 atom stereocenters. The van der Waals surface area contributed by atoms with Gasteiger partial charge in [0.25, 0.3) is 0 Å². The highest BCUT2D eigenvalue weighted by Gasteiger charge is 2.00. The van der Waals surface area contributed by atoms with Crippen molar-refractivity contribution in [1.82, 2.24) is 4.57 Å². The van der Waals surface area contributed by atoms with Gasteiger partial charge in [0.1, 0.15) is 6.61 Å². The van der Waals surface area contributed by atoms with Gasteiger partial charge in [0, 0.05) is 0 Å². The molecule has 1 heterocycles. The summed E-state index contributed by atoms with van der Waals surface area (Å²) in [5, 5.41) is 18.7. The highest BCUT2D eigenvalue weighted by atomic mass is 32.1. The highest BCUT2D eigenvalue weighted by molar-refractivity contribution is 7.73. The number of hydrogen-bond donors (Lipinski definition) is 2. The van der Waals surface area contributed by atoms with Crippen LogP contribution in [-0.2, 0) is 11.4 Å². The van der Waals surface area contributed by atoms with E-state index >= 15 is 0 Å². The average molecular weight is 193 g/mol. The second-order valence-electron chi connectivity index (χ2n) is 1.84. The Bertz CT molecular complexity index is 280. The zero-order valence-corrected chi connectivity index (χ0v) is 7.19. The van der Waals surface area contributed by atoms with E-state index < -0.39 is 0 Å². The Labute approximate surface area is 72.2 Å². The largest absolute Gasteiger partial charge is 0.494 e. The van der Waals surface area contributed by atoms with Crippen molar-refractivity contribution in [1.29, 1.82) is 0 Å². The summed E-state index contributed by atoms with van der Waals surface area (Å²) in [7, 11) is 0. The average Bonchev–Trinajstić information content (AvgIpc) is 2.29. The van der Waals surface area contributed by atoms with Gasteiger partial charge in [0.2, 0.25) is 5.88 Å². The van der Waals surface area contributed by atoms with Crippen molar-refractivity contribution in [3.63, 3.8) is 0 Å². The number of thiazole rings is 1. The van der Waals surface area contributed by atoms with Gasteiger partial charge in [-0.25, -0.2) is 4.89 Å². The summed E-state index contributed by atoms with van der Waals surface area (Å²) in [6, 6.07) is 0. The van der Waals surface area contributed by atoms with Crippen LogP contribution in [0.25, 0.3) is 0 Å². The molecule has 0 aliphatic heterocycles. The second kappa shape index (κ2) is 3.82. The number of rotatable bonds is 3. The van der Waals surface area contributed by atoms with Gasteiger partial charge in [-0.1, -0.05) is 0 Å². The van der Waals surface area contributed by atoms with Crippen LogP contribution in [-0.4, -0.2) is 21.5 Å². The molecule has 4 nitrogen and oxygen atoms in total. The molecule has 11 heavy (non-hydrogen) atoms. The van der Waals surface area contributed by atoms with Crippen LogP contribution in [0.15, 0.2) is 5.38 Å². The van der Waals surface area contributed by atoms with Crippen LogP contribution in [0.5, 0.6) is 5.88 Å². The lowest BCUT2D eigenvalue weighted by molar-refractivity contribution is -0.243. The lowest BCUT2D eigenvalue weighted by Gasteiger charge is -2.00. The standard InChI is InChI=1S/C5H7NO3S2/c7-4-3-11-5(10)6(4)1-2-9-8/h3,7-8H,1-2H2. The first-order chi connectivity index (χ1) is 5.25. The third-order valence-corrected chi connectivity index (χ3v) is 2.43. The van der Waals surface area contributed by atoms with Crippen LogP contribution < -0.4 is 0 Å². The van der Waals surface area contributed by atoms with Gasteiger partial charge in [-0.05, 0) is 12.2 Å². The summed E-state index contributed by atoms with van der Waals surface area (Å²) < 4.78 is 2.05. The van der Waals surface area contributed by atoms with Crippen LogP contribution in [0.3, 0.4) is 0 Å². The first kappa shape index (κ1) is 8.66. The highest BCUT2D eigenvalue weighted by Crippen LogP contribution is 2.16. The van der Waals surface area contributed by atoms with E-state index in [2.05, 4.69) is 4.89 Å². The van der Waals surface area contributed by atoms with Gasteiger partial charge in [0.15, 0.2) is 3.95 Å². The molecular weight excluding hydrogens is 186 g/mol. The molecule has 0 unspecified atom stereocenters. The zero-order chi connectivity index (χ0) is 8.27. The number of nitrogens with zero attached hydrogens (tertiary/aromatic N) is 1. The van der Waals surface area contributed by atoms with E-state index in [0.717, 1.165) is 0 Å². The normalized spacial score (nSPS) is 10.3. The maximum absolute atomic E-state index is 9.13. The fraction of sp³-hybridized carbons (Fsp3) is 0.400. The minimum absolute atomic E-state index is 0.108. The summed E-state index contributed by atoms with van der Waals surface area (Å²) in [5.41, 5.74) is 0. The maximum Gasteiger partial charge on any atom is 0.203 e. The van der Waals surface area contributed by atoms with Crippen molar-refractivity contribution in [2.45, 2.75) is 6.54 Å². The Balaban J connectivity index is 2.75. The minimum atomic E-state index is 0.108. The van der Waals surface area contributed by atoms with Crippen molar-refractivity contribution >= 4 is 23.6 Å². The molecule has 0 amide bonds. The van der Waals surface area contributed by atoms with Gasteiger partial charge in [-0.2, -0.15) is 0 Å². The van der Waals surface area contributed by atoms with Crippen LogP contribution in [0.1, 0.15) is 0 Å². The van der Waals surface area contributed by atoms with Crippen LogP contribution in [0.4, 0.5) is 0 Å². The molecule has 0 saturated carbocycles. The third kappa shape index (κ3) is 2.00. The Morgan fingerprint density at radius 1 is 1.73 bits per heavy atom. The van der Waals surface area contributed by atoms with Crippen molar-refractivity contribution < 1.29 is 15.3 Å². The topological polar surface area (TPSA) is 54.6 Å². The van der Waals surface area contributed by atoms with E-state index in [1.165, 1.54) is 15.9 Å². The number of hydrogen-bond acceptors (Lipinski definition) is 5. The second-order valence-corrected chi connectivity index (χ2v) is 3.35. The molecule has 2 N–H and O–H groups in total. The van der Waals surface area contributed by atoms with E-state index in [9.17, 15) is 0 Å². The fourth-order valence-corrected chi connectivity index (χ4v) is 1.64. The van der Waals surface area contributed by atoms with E-state index in [4.69, 9.17) is 22.6 Å². The van der Waals surface area contributed by atoms with Crippen molar-refractivity contribution in [3.05, 3.63) is 9.33 Å². The predicted octanol–water partition coefficient (Wildman–Crippen LogP) is 1.47. The Kier molecular flexibility index (Phi) is 3.01. The monoisotopic (exact) mass is 193 g/mol. The van der Waals surface area contributed by atoms with Gasteiger partial charge < -0.3 is 5.11 Å². The summed E-state index contributed by atoms with van der Waals surface area (Å²) in [5.74, 6) is 0.108. The van der Waals surface area contributed by atoms with Crippen LogP contribution >= 0.6 is 23.6 Å². The number of aromatic nitrogens is 1. The van der Waals surface area contributed by atoms with Crippen LogP contribution in [0, 0.1) is 3.95 Å². The molecule has 0 aromatic carbocycles. The van der Waals surface area contributed by atoms with Gasteiger partial charge in [0.05, 0.1) is 11.9 Å². The molecule has 1 aromatic rings. The lowest BCUT2D eigenvalue weighted by atomic mass is 10.6. The maximum atomic E-state index is 9.13. The molecule has 0 bridgehead atoms. The van der Waals surface area contributed by atoms with E-state index in [1.807, 2.05) is 0 Å². The lowest BCUT2D eigenvalue weighted by Crippen LogP contribution is -2.02. The smallest absolute Gasteiger partial charge is 0.203 e. The van der Waals surface area contributed by atoms with E-state index in [1.54, 1.807) is 5.38 Å². The van der Waals surface area contributed by atoms with E-state index in [0.29, 0.717) is 10.5 Å². The van der Waals surface area contributed by atoms with Gasteiger partial charge >= 0.3 is 0 Å². The summed E-state index contributed by atoms with van der Waals surface area (Å²) >= 11 is 6.14. The molecule has 0 fully saturated rings. The Morgan fingerprint density at radius 2 is 2.45 bits per heavy atom. The van der Waals surface area contributed by atoms with Crippen LogP contribution in [0.2, 0.25) is 0 Å². The molecular formula is C5H7NO3S2. The molecule has 1 aromatic heterocycles. The van der Waals surface area contributed by atoms with E-state index in [-0.39, 0.29) is 12.5 Å². The zero-order valence-electron chi connectivity index (χ0n) is 5.56. The molecule has 0 spiro atoms. The molecule has 0 aliphatic rings.